The summed E-state index contributed by atoms with van der Waals surface area (Å²) in [6.45, 7) is 35.1. The third-order valence-corrected chi connectivity index (χ3v) is 12.6. The van der Waals surface area contributed by atoms with E-state index in [0.717, 1.165) is 51.6 Å². The van der Waals surface area contributed by atoms with Crippen molar-refractivity contribution in [1.82, 2.24) is 30.2 Å². The fourth-order valence-electron chi connectivity index (χ4n) is 8.58. The van der Waals surface area contributed by atoms with E-state index in [2.05, 4.69) is 48.1 Å². The second-order valence-electron chi connectivity index (χ2n) is 21.4. The Kier molecular flexibility index (Phi) is 28.5. The van der Waals surface area contributed by atoms with Crippen LogP contribution in [0.4, 0.5) is 0 Å². The standard InChI is InChI=1S/C26H47N3O4.C24H43N3O4.Li.H2O/c1-11-33-25(32)19(6)16-21(17(2)3)28(10)24(31)22(26(7,8)9)27-23(30)20-14-12-13-15-29(20)18(4)5;1-15(2)19(14-17(5)23(30)31)26(9)22(29)20(24(6,7)8)25-21(28)18-12-10-11-13-27(18)16(3)4;;/h16-18,20-22H,11-15H2,1-10H3,(H,27,30);14-16,18-20H,10-13H2,1-9H3,(H,25,28)(H,30,31);;1H2/q;;+1;/p-1/b19-16+;17-14+;;/t20?,21-,22?;18?,19-,20?;;/m11../s1. The molecule has 2 heterocycles. The Morgan fingerprint density at radius 1 is 0.652 bits per heavy atom. The van der Waals surface area contributed by atoms with Crippen LogP contribution in [0.25, 0.3) is 0 Å². The molecule has 4 amide bonds. The van der Waals surface area contributed by atoms with Crippen molar-refractivity contribution in [1.29, 1.82) is 0 Å². The maximum atomic E-state index is 13.7. The largest absolute Gasteiger partial charge is 1.00 e. The number of aliphatic carboxylic acids is 1. The van der Waals surface area contributed by atoms with Gasteiger partial charge in [-0.25, -0.2) is 9.59 Å². The van der Waals surface area contributed by atoms with Gasteiger partial charge in [0.2, 0.25) is 23.6 Å². The number of carbonyl (C=O) groups excluding carboxylic acids is 5. The van der Waals surface area contributed by atoms with Crippen LogP contribution in [0.15, 0.2) is 23.3 Å². The fourth-order valence-corrected chi connectivity index (χ4v) is 8.58. The Labute approximate surface area is 411 Å². The number of carbonyl (C=O) groups is 6. The summed E-state index contributed by atoms with van der Waals surface area (Å²) in [5.41, 5.74) is -0.295. The van der Waals surface area contributed by atoms with E-state index in [1.807, 2.05) is 69.2 Å². The number of likely N-dealkylation sites (N-methyl/N-ethyl adjacent to an activating group) is 2. The second-order valence-corrected chi connectivity index (χ2v) is 21.4. The molecule has 15 nitrogen and oxygen atoms in total. The van der Waals surface area contributed by atoms with Crippen LogP contribution < -0.4 is 29.5 Å². The van der Waals surface area contributed by atoms with Crippen LogP contribution in [0, 0.1) is 22.7 Å². The Bertz CT molecular complexity index is 1630. The number of piperidine rings is 2. The Hall–Kier alpha value is -3.22. The Morgan fingerprint density at radius 3 is 1.26 bits per heavy atom. The molecule has 0 saturated carbocycles. The van der Waals surface area contributed by atoms with E-state index in [0.29, 0.717) is 12.2 Å². The molecule has 4 unspecified atom stereocenters. The minimum Gasteiger partial charge on any atom is -0.870 e. The van der Waals surface area contributed by atoms with E-state index in [1.54, 1.807) is 49.9 Å². The molecular weight excluding hydrogens is 836 g/mol. The summed E-state index contributed by atoms with van der Waals surface area (Å²) in [6.07, 6.45) is 9.21. The van der Waals surface area contributed by atoms with Crippen LogP contribution in [0.1, 0.15) is 156 Å². The van der Waals surface area contributed by atoms with Crippen LogP contribution in [0.2, 0.25) is 0 Å². The van der Waals surface area contributed by atoms with Gasteiger partial charge in [-0.2, -0.15) is 0 Å². The predicted octanol–water partition coefficient (Wildman–Crippen LogP) is 3.89. The van der Waals surface area contributed by atoms with Crippen molar-refractivity contribution in [3.05, 3.63) is 23.3 Å². The summed E-state index contributed by atoms with van der Waals surface area (Å²) < 4.78 is 5.10. The molecule has 66 heavy (non-hydrogen) atoms. The summed E-state index contributed by atoms with van der Waals surface area (Å²) >= 11 is 0. The number of carboxylic acids is 1. The first-order valence-electron chi connectivity index (χ1n) is 23.8. The normalized spacial score (nSPS) is 19.6. The van der Waals surface area contributed by atoms with Crippen LogP contribution in [-0.2, 0) is 33.5 Å². The summed E-state index contributed by atoms with van der Waals surface area (Å²) in [6, 6.07) is -1.98. The Balaban J connectivity index is 0. The van der Waals surface area contributed by atoms with Crippen LogP contribution >= 0.6 is 0 Å². The smallest absolute Gasteiger partial charge is 0.870 e. The zero-order valence-electron chi connectivity index (χ0n) is 44.8. The first kappa shape index (κ1) is 64.9. The number of rotatable bonds is 17. The average Bonchev–Trinajstić information content (AvgIpc) is 3.20. The maximum absolute atomic E-state index is 13.7. The van der Waals surface area contributed by atoms with Gasteiger partial charge in [-0.3, -0.25) is 29.0 Å². The van der Waals surface area contributed by atoms with Gasteiger partial charge in [-0.1, -0.05) is 94.2 Å². The van der Waals surface area contributed by atoms with Crippen LogP contribution in [-0.4, -0.2) is 148 Å². The van der Waals surface area contributed by atoms with Gasteiger partial charge in [0.25, 0.3) is 0 Å². The zero-order chi connectivity index (χ0) is 49.6. The molecule has 0 aromatic heterocycles. The van der Waals surface area contributed by atoms with Crippen molar-refractivity contribution >= 4 is 35.6 Å². The van der Waals surface area contributed by atoms with Crippen molar-refractivity contribution in [2.75, 3.05) is 33.8 Å². The van der Waals surface area contributed by atoms with Gasteiger partial charge >= 0.3 is 30.8 Å². The minimum absolute atomic E-state index is 0. The van der Waals surface area contributed by atoms with Gasteiger partial charge in [-0.05, 0) is 110 Å². The van der Waals surface area contributed by atoms with Gasteiger partial charge < -0.3 is 35.8 Å². The number of carboxylic acid groups (broad SMARTS) is 1. The van der Waals surface area contributed by atoms with E-state index in [1.165, 1.54) is 6.92 Å². The first-order chi connectivity index (χ1) is 29.4. The summed E-state index contributed by atoms with van der Waals surface area (Å²) in [4.78, 5) is 85.0. The number of hydrogen-bond acceptors (Lipinski definition) is 10. The molecule has 2 aliphatic rings. The summed E-state index contributed by atoms with van der Waals surface area (Å²) in [7, 11) is 3.43. The number of amides is 4. The molecule has 2 fully saturated rings. The fraction of sp³-hybridized carbons (Fsp3) is 0.800. The molecule has 4 N–H and O–H groups in total. The SMILES string of the molecule is C/C(=C\[C@H](C(C)C)N(C)C(=O)C(NC(=O)C1CCCCN1C(C)C)C(C)(C)C)C(=O)O.CCOC(=O)/C(C)=C/[C@H](C(C)C)N(C)C(=O)C(NC(=O)C1CCCCN1C(C)C)C(C)(C)C.[Li+].[OH-]. The second kappa shape index (κ2) is 29.0. The topological polar surface area (TPSA) is 199 Å². The van der Waals surface area contributed by atoms with Crippen molar-refractivity contribution in [2.45, 2.75) is 205 Å². The zero-order valence-corrected chi connectivity index (χ0v) is 44.8. The van der Waals surface area contributed by atoms with Crippen molar-refractivity contribution in [3.8, 4) is 0 Å². The monoisotopic (exact) mass is 927 g/mol. The molecule has 2 saturated heterocycles. The van der Waals surface area contributed by atoms with E-state index < -0.39 is 28.9 Å². The van der Waals surface area contributed by atoms with E-state index >= 15 is 0 Å². The number of nitrogens with zero attached hydrogens (tertiary/aromatic N) is 4. The van der Waals surface area contributed by atoms with E-state index in [4.69, 9.17) is 4.74 Å². The molecule has 16 heteroatoms. The number of nitrogens with one attached hydrogen (secondary N) is 2. The molecule has 0 aliphatic carbocycles. The number of likely N-dealkylation sites (tertiary alicyclic amines) is 2. The van der Waals surface area contributed by atoms with Crippen LogP contribution in [0.3, 0.4) is 0 Å². The molecule has 2 rings (SSSR count). The quantitative estimate of drug-likeness (QED) is 0.109. The van der Waals surface area contributed by atoms with Gasteiger partial charge in [-0.15, -0.1) is 0 Å². The number of ether oxygens (including phenoxy) is 1. The molecule has 0 spiro atoms. The number of hydrogen-bond donors (Lipinski definition) is 3. The van der Waals surface area contributed by atoms with Crippen molar-refractivity contribution in [2.24, 2.45) is 22.7 Å². The summed E-state index contributed by atoms with van der Waals surface area (Å²) in [5.74, 6) is -1.83. The molecule has 0 aromatic rings. The summed E-state index contributed by atoms with van der Waals surface area (Å²) in [5, 5.41) is 15.4. The molecule has 0 bridgehead atoms. The third kappa shape index (κ3) is 19.4. The van der Waals surface area contributed by atoms with Crippen LogP contribution in [0.5, 0.6) is 0 Å². The maximum Gasteiger partial charge on any atom is 1.00 e. The molecule has 0 radical (unpaired) electrons. The van der Waals surface area contributed by atoms with Gasteiger partial charge in [0.05, 0.1) is 30.8 Å². The van der Waals surface area contributed by atoms with Crippen molar-refractivity contribution in [3.63, 3.8) is 0 Å². The third-order valence-electron chi connectivity index (χ3n) is 12.6. The van der Waals surface area contributed by atoms with E-state index in [-0.39, 0.29) is 108 Å². The Morgan fingerprint density at radius 2 is 0.985 bits per heavy atom. The molecular formula is C50H91LiN6O9. The first-order valence-corrected chi connectivity index (χ1v) is 23.8. The van der Waals surface area contributed by atoms with E-state index in [9.17, 15) is 33.9 Å². The molecule has 376 valence electrons. The van der Waals surface area contributed by atoms with Gasteiger partial charge in [0, 0.05) is 37.3 Å². The van der Waals surface area contributed by atoms with Gasteiger partial charge in [0.15, 0.2) is 0 Å². The molecule has 0 aromatic carbocycles. The molecule has 6 atom stereocenters. The minimum atomic E-state index is -1.00. The van der Waals surface area contributed by atoms with Crippen molar-refractivity contribution < 1.29 is 62.9 Å². The number of esters is 1. The van der Waals surface area contributed by atoms with Gasteiger partial charge in [0.1, 0.15) is 12.1 Å². The predicted molar refractivity (Wildman–Crippen MR) is 258 cm³/mol. The average molecular weight is 927 g/mol. The molecule has 2 aliphatic heterocycles.